The number of benzene rings is 1. The molecule has 1 aromatic carbocycles. The second-order valence-electron chi connectivity index (χ2n) is 4.50. The highest BCUT2D eigenvalue weighted by Crippen LogP contribution is 2.36. The molecule has 0 spiro atoms. The highest BCUT2D eigenvalue weighted by Gasteiger charge is 2.13. The van der Waals surface area contributed by atoms with Crippen molar-refractivity contribution in [3.05, 3.63) is 59.3 Å². The highest BCUT2D eigenvalue weighted by molar-refractivity contribution is 7.99. The average molecular weight is 268 g/mol. The summed E-state index contributed by atoms with van der Waals surface area (Å²) in [6.45, 7) is 4.07. The molecule has 0 bridgehead atoms. The Morgan fingerprint density at radius 1 is 1.21 bits per heavy atom. The maximum absolute atomic E-state index is 9.00. The quantitative estimate of drug-likeness (QED) is 0.769. The van der Waals surface area contributed by atoms with E-state index in [1.165, 1.54) is 11.1 Å². The first-order chi connectivity index (χ1) is 9.19. The number of nitrogens with zero attached hydrogens (tertiary/aromatic N) is 2. The van der Waals surface area contributed by atoms with Gasteiger partial charge in [0.2, 0.25) is 0 Å². The Balaban J connectivity index is 2.24. The lowest BCUT2D eigenvalue weighted by Crippen LogP contribution is -1.95. The van der Waals surface area contributed by atoms with Crippen LogP contribution in [-0.4, -0.2) is 4.98 Å². The molecule has 0 radical (unpaired) electrons. The SMILES string of the molecule is Cc1cc(C)nc(SC(CC#N)c2ccccc2)c1. The number of hydrogen-bond acceptors (Lipinski definition) is 3. The number of rotatable bonds is 4. The molecule has 0 fully saturated rings. The molecule has 3 heteroatoms. The van der Waals surface area contributed by atoms with Crippen LogP contribution in [-0.2, 0) is 0 Å². The van der Waals surface area contributed by atoms with Gasteiger partial charge in [0.05, 0.1) is 17.5 Å². The molecule has 0 saturated carbocycles. The molecule has 2 nitrogen and oxygen atoms in total. The zero-order chi connectivity index (χ0) is 13.7. The second-order valence-corrected chi connectivity index (χ2v) is 5.73. The fourth-order valence-electron chi connectivity index (χ4n) is 1.99. The maximum atomic E-state index is 9.00. The molecular formula is C16H16N2S. The molecule has 0 aliphatic rings. The van der Waals surface area contributed by atoms with Crippen molar-refractivity contribution in [2.24, 2.45) is 0 Å². The number of thioether (sulfide) groups is 1. The van der Waals surface area contributed by atoms with Crippen molar-refractivity contribution in [1.82, 2.24) is 4.98 Å². The van der Waals surface area contributed by atoms with Gasteiger partial charge >= 0.3 is 0 Å². The van der Waals surface area contributed by atoms with E-state index in [-0.39, 0.29) is 5.25 Å². The topological polar surface area (TPSA) is 36.7 Å². The Hall–Kier alpha value is -1.79. The first-order valence-corrected chi connectivity index (χ1v) is 7.11. The van der Waals surface area contributed by atoms with E-state index in [1.807, 2.05) is 25.1 Å². The molecule has 1 aromatic heterocycles. The minimum Gasteiger partial charge on any atom is -0.247 e. The van der Waals surface area contributed by atoms with Gasteiger partial charge in [0.15, 0.2) is 0 Å². The monoisotopic (exact) mass is 268 g/mol. The molecule has 1 atom stereocenters. The smallest absolute Gasteiger partial charge is 0.0971 e. The Labute approximate surface area is 118 Å². The van der Waals surface area contributed by atoms with E-state index in [1.54, 1.807) is 11.8 Å². The van der Waals surface area contributed by atoms with Crippen LogP contribution in [0.25, 0.3) is 0 Å². The van der Waals surface area contributed by atoms with Crippen LogP contribution in [0.4, 0.5) is 0 Å². The lowest BCUT2D eigenvalue weighted by molar-refractivity contribution is 0.961. The summed E-state index contributed by atoms with van der Waals surface area (Å²) in [4.78, 5) is 4.54. The van der Waals surface area contributed by atoms with Crippen LogP contribution in [0.15, 0.2) is 47.5 Å². The van der Waals surface area contributed by atoms with Crippen molar-refractivity contribution in [2.45, 2.75) is 30.5 Å². The van der Waals surface area contributed by atoms with Crippen molar-refractivity contribution >= 4 is 11.8 Å². The fourth-order valence-corrected chi connectivity index (χ4v) is 3.18. The van der Waals surface area contributed by atoms with E-state index >= 15 is 0 Å². The predicted octanol–water partition coefficient (Wildman–Crippen LogP) is 4.45. The lowest BCUT2D eigenvalue weighted by Gasteiger charge is -2.13. The van der Waals surface area contributed by atoms with E-state index in [2.05, 4.69) is 42.2 Å². The van der Waals surface area contributed by atoms with Gasteiger partial charge in [0.1, 0.15) is 0 Å². The van der Waals surface area contributed by atoms with Crippen molar-refractivity contribution < 1.29 is 0 Å². The Kier molecular flexibility index (Phi) is 4.59. The number of aryl methyl sites for hydroxylation is 2. The molecule has 96 valence electrons. The van der Waals surface area contributed by atoms with Crippen LogP contribution < -0.4 is 0 Å². The average Bonchev–Trinajstić information content (AvgIpc) is 2.38. The summed E-state index contributed by atoms with van der Waals surface area (Å²) >= 11 is 1.66. The van der Waals surface area contributed by atoms with E-state index in [0.29, 0.717) is 6.42 Å². The summed E-state index contributed by atoms with van der Waals surface area (Å²) in [6.07, 6.45) is 0.489. The van der Waals surface area contributed by atoms with Crippen molar-refractivity contribution in [2.75, 3.05) is 0 Å². The number of aromatic nitrogens is 1. The third kappa shape index (κ3) is 3.84. The molecule has 0 saturated heterocycles. The minimum absolute atomic E-state index is 0.139. The van der Waals surface area contributed by atoms with E-state index in [9.17, 15) is 0 Å². The van der Waals surface area contributed by atoms with Crippen LogP contribution in [0.3, 0.4) is 0 Å². The summed E-state index contributed by atoms with van der Waals surface area (Å²) in [5.41, 5.74) is 3.40. The van der Waals surface area contributed by atoms with Crippen molar-refractivity contribution in [1.29, 1.82) is 5.26 Å². The third-order valence-electron chi connectivity index (χ3n) is 2.79. The van der Waals surface area contributed by atoms with Gasteiger partial charge in [0, 0.05) is 10.9 Å². The van der Waals surface area contributed by atoms with Gasteiger partial charge in [-0.05, 0) is 37.1 Å². The van der Waals surface area contributed by atoms with E-state index < -0.39 is 0 Å². The molecule has 19 heavy (non-hydrogen) atoms. The number of nitriles is 1. The maximum Gasteiger partial charge on any atom is 0.0971 e. The summed E-state index contributed by atoms with van der Waals surface area (Å²) in [7, 11) is 0. The molecule has 1 heterocycles. The zero-order valence-electron chi connectivity index (χ0n) is 11.1. The summed E-state index contributed by atoms with van der Waals surface area (Å²) in [5.74, 6) is 0. The summed E-state index contributed by atoms with van der Waals surface area (Å²) in [6, 6.07) is 16.5. The number of pyridine rings is 1. The van der Waals surface area contributed by atoms with Crippen LogP contribution in [0.5, 0.6) is 0 Å². The van der Waals surface area contributed by atoms with Crippen molar-refractivity contribution in [3.8, 4) is 6.07 Å². The van der Waals surface area contributed by atoms with Gasteiger partial charge in [-0.2, -0.15) is 5.26 Å². The predicted molar refractivity (Wildman–Crippen MR) is 79.0 cm³/mol. The molecule has 1 unspecified atom stereocenters. The lowest BCUT2D eigenvalue weighted by atomic mass is 10.1. The van der Waals surface area contributed by atoms with Crippen LogP contribution in [0.1, 0.15) is 28.5 Å². The molecule has 0 aliphatic carbocycles. The van der Waals surface area contributed by atoms with Gasteiger partial charge in [-0.25, -0.2) is 4.98 Å². The van der Waals surface area contributed by atoms with Gasteiger partial charge < -0.3 is 0 Å². The summed E-state index contributed by atoms with van der Waals surface area (Å²) in [5, 5.41) is 10.1. The largest absolute Gasteiger partial charge is 0.247 e. The van der Waals surface area contributed by atoms with Gasteiger partial charge in [0.25, 0.3) is 0 Å². The second kappa shape index (κ2) is 6.40. The Bertz CT molecular complexity index is 567. The molecule has 0 aliphatic heterocycles. The van der Waals surface area contributed by atoms with Crippen LogP contribution in [0, 0.1) is 25.2 Å². The molecule has 0 amide bonds. The van der Waals surface area contributed by atoms with Crippen LogP contribution in [0.2, 0.25) is 0 Å². The van der Waals surface area contributed by atoms with Gasteiger partial charge in [-0.15, -0.1) is 0 Å². The number of hydrogen-bond donors (Lipinski definition) is 0. The van der Waals surface area contributed by atoms with Crippen molar-refractivity contribution in [3.63, 3.8) is 0 Å². The van der Waals surface area contributed by atoms with E-state index in [4.69, 9.17) is 5.26 Å². The van der Waals surface area contributed by atoms with Crippen LogP contribution >= 0.6 is 11.8 Å². The third-order valence-corrected chi connectivity index (χ3v) is 3.96. The standard InChI is InChI=1S/C16H16N2S/c1-12-10-13(2)18-16(11-12)19-15(8-9-17)14-6-4-3-5-7-14/h3-7,10-11,15H,8H2,1-2H3. The normalized spacial score (nSPS) is 11.8. The highest BCUT2D eigenvalue weighted by atomic mass is 32.2. The van der Waals surface area contributed by atoms with Gasteiger partial charge in [-0.1, -0.05) is 42.1 Å². The molecule has 2 rings (SSSR count). The first-order valence-electron chi connectivity index (χ1n) is 6.23. The first kappa shape index (κ1) is 13.6. The Morgan fingerprint density at radius 2 is 1.95 bits per heavy atom. The minimum atomic E-state index is 0.139. The Morgan fingerprint density at radius 3 is 2.58 bits per heavy atom. The molecule has 0 N–H and O–H groups in total. The summed E-state index contributed by atoms with van der Waals surface area (Å²) < 4.78 is 0. The molecular weight excluding hydrogens is 252 g/mol. The molecule has 2 aromatic rings. The van der Waals surface area contributed by atoms with E-state index in [0.717, 1.165) is 10.7 Å². The zero-order valence-corrected chi connectivity index (χ0v) is 11.9. The van der Waals surface area contributed by atoms with Gasteiger partial charge in [-0.3, -0.25) is 0 Å². The fraction of sp³-hybridized carbons (Fsp3) is 0.250.